The Labute approximate surface area is 82.6 Å². The van der Waals surface area contributed by atoms with Gasteiger partial charge in [0.25, 0.3) is 0 Å². The van der Waals surface area contributed by atoms with E-state index in [9.17, 15) is 0 Å². The Kier molecular flexibility index (Phi) is 2.36. The average Bonchev–Trinajstić information content (AvgIpc) is 2.49. The number of halogens is 1. The number of aromatic nitrogens is 2. The highest BCUT2D eigenvalue weighted by atomic mass is 79.9. The lowest BCUT2D eigenvalue weighted by atomic mass is 10.5. The summed E-state index contributed by atoms with van der Waals surface area (Å²) >= 11 is 3.22. The van der Waals surface area contributed by atoms with Crippen molar-refractivity contribution in [2.24, 2.45) is 0 Å². The summed E-state index contributed by atoms with van der Waals surface area (Å²) < 4.78 is 10.4. The molecule has 0 amide bonds. The van der Waals surface area contributed by atoms with Crippen LogP contribution in [0.25, 0.3) is 0 Å². The molecule has 1 aliphatic heterocycles. The first kappa shape index (κ1) is 8.76. The van der Waals surface area contributed by atoms with Crippen molar-refractivity contribution in [1.82, 2.24) is 5.27 Å². The van der Waals surface area contributed by atoms with E-state index in [2.05, 4.69) is 21.2 Å². The number of nitrogens with zero attached hydrogens (tertiary/aromatic N) is 3. The molecule has 7 heteroatoms. The fourth-order valence-corrected chi connectivity index (χ4v) is 1.52. The number of rotatable bonds is 1. The maximum absolute atomic E-state index is 7.30. The maximum atomic E-state index is 7.30. The molecule has 1 aromatic rings. The van der Waals surface area contributed by atoms with E-state index in [1.165, 1.54) is 0 Å². The van der Waals surface area contributed by atoms with Gasteiger partial charge in [-0.25, -0.2) is 0 Å². The van der Waals surface area contributed by atoms with Gasteiger partial charge in [-0.3, -0.25) is 10.4 Å². The topological polar surface area (TPSA) is 67.4 Å². The molecule has 0 saturated carbocycles. The van der Waals surface area contributed by atoms with Crippen molar-refractivity contribution in [3.8, 4) is 0 Å². The fraction of sp³-hybridized carbons (Fsp3) is 0.667. The smallest absolute Gasteiger partial charge is 0.332 e. The molecule has 0 aromatic carbocycles. The number of nitrogens with one attached hydrogen (secondary N) is 1. The van der Waals surface area contributed by atoms with Crippen molar-refractivity contribution in [3.05, 3.63) is 10.2 Å². The van der Waals surface area contributed by atoms with Crippen LogP contribution >= 0.6 is 15.9 Å². The summed E-state index contributed by atoms with van der Waals surface area (Å²) in [5.41, 5.74) is 0.0338. The zero-order valence-electron chi connectivity index (χ0n) is 6.86. The van der Waals surface area contributed by atoms with Crippen LogP contribution in [-0.2, 0) is 4.74 Å². The molecule has 0 unspecified atom stereocenters. The minimum absolute atomic E-state index is 0.0338. The largest absolute Gasteiger partial charge is 0.381 e. The van der Waals surface area contributed by atoms with Crippen LogP contribution in [0.5, 0.6) is 0 Å². The van der Waals surface area contributed by atoms with E-state index in [0.717, 1.165) is 13.1 Å². The molecule has 1 aliphatic rings. The highest BCUT2D eigenvalue weighted by Crippen LogP contribution is 1.95. The molecule has 1 N–H and O–H groups in total. The number of ether oxygens (including phenoxy) is 1. The van der Waals surface area contributed by atoms with Crippen LogP contribution in [0.2, 0.25) is 0 Å². The molecule has 1 saturated heterocycles. The highest BCUT2D eigenvalue weighted by molar-refractivity contribution is 9.10. The Bertz CT molecular complexity index is 341. The van der Waals surface area contributed by atoms with Gasteiger partial charge in [0.05, 0.1) is 13.2 Å². The zero-order valence-corrected chi connectivity index (χ0v) is 8.45. The molecule has 13 heavy (non-hydrogen) atoms. The van der Waals surface area contributed by atoms with Crippen molar-refractivity contribution < 1.29 is 14.1 Å². The summed E-state index contributed by atoms with van der Waals surface area (Å²) in [7, 11) is 0. The Balaban J connectivity index is 2.23. The second kappa shape index (κ2) is 3.51. The summed E-state index contributed by atoms with van der Waals surface area (Å²) in [5.74, 6) is 0. The number of hydrogen-bond donors (Lipinski definition) is 1. The normalized spacial score (nSPS) is 17.8. The quantitative estimate of drug-likeness (QED) is 0.630. The summed E-state index contributed by atoms with van der Waals surface area (Å²) in [6.45, 7) is 2.88. The van der Waals surface area contributed by atoms with Crippen LogP contribution in [0.3, 0.4) is 0 Å². The molecule has 1 fully saturated rings. The molecule has 2 rings (SSSR count). The first-order valence-electron chi connectivity index (χ1n) is 3.91. The summed E-state index contributed by atoms with van der Waals surface area (Å²) in [4.78, 5) is 1.55. The first-order valence-corrected chi connectivity index (χ1v) is 4.70. The van der Waals surface area contributed by atoms with Crippen molar-refractivity contribution in [3.63, 3.8) is 0 Å². The van der Waals surface area contributed by atoms with Gasteiger partial charge in [0.1, 0.15) is 0 Å². The summed E-state index contributed by atoms with van der Waals surface area (Å²) in [6.07, 6.45) is 0. The van der Waals surface area contributed by atoms with Gasteiger partial charge in [0.15, 0.2) is 0 Å². The minimum atomic E-state index is 0.0338. The lowest BCUT2D eigenvalue weighted by molar-refractivity contribution is -0.774. The molecule has 6 nitrogen and oxygen atoms in total. The highest BCUT2D eigenvalue weighted by Gasteiger charge is 2.18. The van der Waals surface area contributed by atoms with Crippen LogP contribution in [0.1, 0.15) is 0 Å². The van der Waals surface area contributed by atoms with Crippen LogP contribution in [0.4, 0.5) is 0 Å². The summed E-state index contributed by atoms with van der Waals surface area (Å²) in [6, 6.07) is 0. The Hall–Kier alpha value is -0.820. The van der Waals surface area contributed by atoms with E-state index >= 15 is 0 Å². The molecule has 1 aromatic heterocycles. The Morgan fingerprint density at radius 3 is 2.69 bits per heavy atom. The van der Waals surface area contributed by atoms with Crippen LogP contribution in [0.15, 0.2) is 9.13 Å². The monoisotopic (exact) mass is 248 g/mol. The predicted molar refractivity (Wildman–Crippen MR) is 44.5 cm³/mol. The van der Waals surface area contributed by atoms with Crippen molar-refractivity contribution in [1.29, 1.82) is 5.41 Å². The third-order valence-electron chi connectivity index (χ3n) is 1.83. The molecule has 2 heterocycles. The Morgan fingerprint density at radius 2 is 2.15 bits per heavy atom. The molecule has 0 bridgehead atoms. The van der Waals surface area contributed by atoms with E-state index in [1.54, 1.807) is 4.79 Å². The zero-order chi connectivity index (χ0) is 9.26. The van der Waals surface area contributed by atoms with Crippen molar-refractivity contribution in [2.75, 3.05) is 31.3 Å². The van der Waals surface area contributed by atoms with Gasteiger partial charge in [-0.05, 0) is 5.27 Å². The SMILES string of the molecule is N=c1o[n-][n+](N2CCOCC2)c1Br. The van der Waals surface area contributed by atoms with Gasteiger partial charge in [0.2, 0.25) is 0 Å². The van der Waals surface area contributed by atoms with Gasteiger partial charge in [0, 0.05) is 29.0 Å². The first-order chi connectivity index (χ1) is 6.29. The number of morpholine rings is 1. The van der Waals surface area contributed by atoms with E-state index in [0.29, 0.717) is 17.8 Å². The van der Waals surface area contributed by atoms with Gasteiger partial charge in [-0.15, -0.1) is 0 Å². The van der Waals surface area contributed by atoms with Gasteiger partial charge >= 0.3 is 10.2 Å². The average molecular weight is 249 g/mol. The maximum Gasteiger partial charge on any atom is 0.332 e. The summed E-state index contributed by atoms with van der Waals surface area (Å²) in [5, 5.41) is 13.0. The van der Waals surface area contributed by atoms with Crippen LogP contribution in [0, 0.1) is 5.41 Å². The van der Waals surface area contributed by atoms with E-state index < -0.39 is 0 Å². The van der Waals surface area contributed by atoms with E-state index in [4.69, 9.17) is 14.7 Å². The predicted octanol–water partition coefficient (Wildman–Crippen LogP) is -1.27. The van der Waals surface area contributed by atoms with Crippen LogP contribution in [-0.4, -0.2) is 26.3 Å². The van der Waals surface area contributed by atoms with Gasteiger partial charge < -0.3 is 9.26 Å². The minimum Gasteiger partial charge on any atom is -0.381 e. The molecule has 0 aliphatic carbocycles. The molecule has 72 valence electrons. The standard InChI is InChI=1S/C6H9BrN4O2/c7-5-6(8)13-9-11(5)10-1-3-12-4-2-10/h8H,1-4H2. The van der Waals surface area contributed by atoms with Gasteiger partial charge in [-0.2, -0.15) is 0 Å². The second-order valence-corrected chi connectivity index (χ2v) is 3.40. The third kappa shape index (κ3) is 1.61. The number of hydrogen-bond acceptors (Lipinski definition) is 4. The Morgan fingerprint density at radius 1 is 1.46 bits per heavy atom. The van der Waals surface area contributed by atoms with Crippen molar-refractivity contribution in [2.45, 2.75) is 0 Å². The molecular formula is C6H9BrN4O2. The molecule has 0 radical (unpaired) electrons. The third-order valence-corrected chi connectivity index (χ3v) is 2.51. The fourth-order valence-electron chi connectivity index (χ4n) is 1.16. The van der Waals surface area contributed by atoms with E-state index in [-0.39, 0.29) is 5.55 Å². The molecular weight excluding hydrogens is 240 g/mol. The lowest BCUT2D eigenvalue weighted by Crippen LogP contribution is -2.64. The second-order valence-electron chi connectivity index (χ2n) is 2.65. The molecule has 0 spiro atoms. The lowest BCUT2D eigenvalue weighted by Gasteiger charge is -2.26. The molecule has 0 atom stereocenters. The van der Waals surface area contributed by atoms with Crippen molar-refractivity contribution >= 4 is 15.9 Å². The van der Waals surface area contributed by atoms with Crippen LogP contribution < -0.4 is 20.6 Å². The van der Waals surface area contributed by atoms with E-state index in [1.807, 2.05) is 5.01 Å². The van der Waals surface area contributed by atoms with Gasteiger partial charge in [-0.1, -0.05) is 4.79 Å².